The lowest BCUT2D eigenvalue weighted by Crippen LogP contribution is -2.42. The second kappa shape index (κ2) is 7.00. The molecular formula is C32H36BrN. The van der Waals surface area contributed by atoms with Crippen molar-refractivity contribution < 1.29 is 0 Å². The van der Waals surface area contributed by atoms with Crippen LogP contribution in [-0.2, 0) is 16.2 Å². The summed E-state index contributed by atoms with van der Waals surface area (Å²) in [6.45, 7) is 14.5. The summed E-state index contributed by atoms with van der Waals surface area (Å²) in [7, 11) is 0. The van der Waals surface area contributed by atoms with E-state index in [0.717, 1.165) is 10.2 Å². The third-order valence-corrected chi connectivity index (χ3v) is 11.2. The Balaban J connectivity index is 1.43. The van der Waals surface area contributed by atoms with E-state index in [0.29, 0.717) is 0 Å². The van der Waals surface area contributed by atoms with Crippen molar-refractivity contribution in [2.45, 2.75) is 83.5 Å². The molecule has 0 bridgehead atoms. The van der Waals surface area contributed by atoms with Crippen molar-refractivity contribution >= 4 is 27.3 Å². The van der Waals surface area contributed by atoms with Crippen molar-refractivity contribution in [1.82, 2.24) is 0 Å². The molecule has 176 valence electrons. The van der Waals surface area contributed by atoms with E-state index in [-0.39, 0.29) is 21.7 Å². The lowest BCUT2D eigenvalue weighted by molar-refractivity contribution is 0.125. The molecule has 0 aromatic heterocycles. The minimum Gasteiger partial charge on any atom is -0.355 e. The molecule has 3 aromatic carbocycles. The molecule has 1 saturated carbocycles. The number of rotatable bonds is 2. The van der Waals surface area contributed by atoms with Crippen LogP contribution in [0.15, 0.2) is 59.1 Å². The first-order valence-electron chi connectivity index (χ1n) is 12.9. The molecule has 0 saturated heterocycles. The lowest BCUT2D eigenvalue weighted by Gasteiger charge is -2.44. The van der Waals surface area contributed by atoms with Gasteiger partial charge in [0, 0.05) is 15.6 Å². The van der Waals surface area contributed by atoms with Gasteiger partial charge in [-0.2, -0.15) is 0 Å². The highest BCUT2D eigenvalue weighted by atomic mass is 79.9. The fourth-order valence-electron chi connectivity index (χ4n) is 7.36. The monoisotopic (exact) mass is 513 g/mol. The molecule has 1 spiro atoms. The zero-order valence-electron chi connectivity index (χ0n) is 21.4. The molecule has 0 unspecified atom stereocenters. The number of benzene rings is 3. The van der Waals surface area contributed by atoms with Crippen LogP contribution < -0.4 is 5.32 Å². The maximum absolute atomic E-state index is 3.92. The largest absolute Gasteiger partial charge is 0.355 e. The van der Waals surface area contributed by atoms with Crippen LogP contribution in [0.4, 0.5) is 11.4 Å². The Hall–Kier alpha value is -2.06. The molecular weight excluding hydrogens is 478 g/mol. The highest BCUT2D eigenvalue weighted by Crippen LogP contribution is 2.62. The zero-order valence-corrected chi connectivity index (χ0v) is 23.0. The minimum atomic E-state index is 0.0937. The number of anilines is 2. The Kier molecular flexibility index (Phi) is 4.61. The molecule has 2 heteroatoms. The van der Waals surface area contributed by atoms with Gasteiger partial charge in [-0.1, -0.05) is 84.7 Å². The van der Waals surface area contributed by atoms with Gasteiger partial charge >= 0.3 is 0 Å². The summed E-state index contributed by atoms with van der Waals surface area (Å²) in [6, 6.07) is 20.9. The van der Waals surface area contributed by atoms with Gasteiger partial charge in [-0.05, 0) is 103 Å². The van der Waals surface area contributed by atoms with Gasteiger partial charge in [-0.3, -0.25) is 0 Å². The van der Waals surface area contributed by atoms with Crippen LogP contribution in [-0.4, -0.2) is 0 Å². The Bertz CT molecular complexity index is 1320. The molecule has 0 radical (unpaired) electrons. The highest BCUT2D eigenvalue weighted by Gasteiger charge is 2.57. The molecule has 34 heavy (non-hydrogen) atoms. The maximum atomic E-state index is 3.92. The first kappa shape index (κ1) is 22.4. The number of hydrogen-bond donors (Lipinski definition) is 1. The van der Waals surface area contributed by atoms with Gasteiger partial charge in [-0.15, -0.1) is 0 Å². The van der Waals surface area contributed by atoms with Crippen LogP contribution in [0, 0.1) is 5.41 Å². The summed E-state index contributed by atoms with van der Waals surface area (Å²) in [5.74, 6) is 0. The minimum absolute atomic E-state index is 0.0937. The van der Waals surface area contributed by atoms with Crippen molar-refractivity contribution in [2.75, 3.05) is 5.32 Å². The molecule has 1 N–H and O–H groups in total. The van der Waals surface area contributed by atoms with Gasteiger partial charge in [-0.25, -0.2) is 0 Å². The third kappa shape index (κ3) is 2.67. The Morgan fingerprint density at radius 1 is 0.676 bits per heavy atom. The summed E-state index contributed by atoms with van der Waals surface area (Å²) >= 11 is 3.92. The third-order valence-electron chi connectivity index (χ3n) is 10.6. The Morgan fingerprint density at radius 2 is 1.29 bits per heavy atom. The Labute approximate surface area is 213 Å². The second-order valence-electron chi connectivity index (χ2n) is 12.5. The topological polar surface area (TPSA) is 12.0 Å². The fourth-order valence-corrected chi connectivity index (χ4v) is 7.81. The van der Waals surface area contributed by atoms with Crippen molar-refractivity contribution in [1.29, 1.82) is 0 Å². The van der Waals surface area contributed by atoms with Crippen LogP contribution >= 0.6 is 15.9 Å². The Morgan fingerprint density at radius 3 is 2.00 bits per heavy atom. The lowest BCUT2D eigenvalue weighted by atomic mass is 9.59. The van der Waals surface area contributed by atoms with Crippen LogP contribution in [0.25, 0.3) is 11.1 Å². The number of hydrogen-bond acceptors (Lipinski definition) is 1. The van der Waals surface area contributed by atoms with Crippen LogP contribution in [0.2, 0.25) is 0 Å². The van der Waals surface area contributed by atoms with E-state index in [2.05, 4.69) is 117 Å². The number of nitrogens with one attached hydrogen (secondary N) is 1. The fraction of sp³-hybridized carbons (Fsp3) is 0.438. The normalized spacial score (nSPS) is 21.9. The summed E-state index contributed by atoms with van der Waals surface area (Å²) in [5.41, 5.74) is 11.8. The smallest absolute Gasteiger partial charge is 0.0531 e. The van der Waals surface area contributed by atoms with Crippen molar-refractivity contribution in [3.8, 4) is 11.1 Å². The standard InChI is InChI=1S/C32H36BrN/c1-29(2)25-18-27(33)28(19-26(25)30(3,4)31(29,5)6)34-20-13-14-22-21-11-7-8-12-23(21)32(24(22)17-20)15-9-10-16-32/h7-8,11-14,17-19,34H,9-10,15-16H2,1-6H3. The maximum Gasteiger partial charge on any atom is 0.0531 e. The highest BCUT2D eigenvalue weighted by molar-refractivity contribution is 9.10. The summed E-state index contributed by atoms with van der Waals surface area (Å²) in [4.78, 5) is 0. The van der Waals surface area contributed by atoms with E-state index in [1.165, 1.54) is 59.2 Å². The second-order valence-corrected chi connectivity index (χ2v) is 13.3. The zero-order chi connectivity index (χ0) is 24.1. The average Bonchev–Trinajstić information content (AvgIpc) is 3.42. The molecule has 0 atom stereocenters. The molecule has 3 aliphatic carbocycles. The van der Waals surface area contributed by atoms with Gasteiger partial charge in [0.2, 0.25) is 0 Å². The van der Waals surface area contributed by atoms with Gasteiger partial charge in [0.05, 0.1) is 5.69 Å². The molecule has 1 nitrogen and oxygen atoms in total. The summed E-state index contributed by atoms with van der Waals surface area (Å²) in [6.07, 6.45) is 5.17. The van der Waals surface area contributed by atoms with E-state index in [9.17, 15) is 0 Å². The van der Waals surface area contributed by atoms with E-state index in [4.69, 9.17) is 0 Å². The number of fused-ring (bicyclic) bond motifs is 6. The van der Waals surface area contributed by atoms with Crippen LogP contribution in [0.5, 0.6) is 0 Å². The molecule has 1 fully saturated rings. The first-order valence-corrected chi connectivity index (χ1v) is 13.7. The average molecular weight is 515 g/mol. The van der Waals surface area contributed by atoms with E-state index < -0.39 is 0 Å². The van der Waals surface area contributed by atoms with Crippen LogP contribution in [0.1, 0.15) is 89.5 Å². The van der Waals surface area contributed by atoms with Gasteiger partial charge in [0.25, 0.3) is 0 Å². The summed E-state index contributed by atoms with van der Waals surface area (Å²) < 4.78 is 1.15. The predicted octanol–water partition coefficient (Wildman–Crippen LogP) is 9.63. The van der Waals surface area contributed by atoms with Gasteiger partial charge in [0.15, 0.2) is 0 Å². The number of halogens is 1. The van der Waals surface area contributed by atoms with Crippen molar-refractivity contribution in [3.63, 3.8) is 0 Å². The molecule has 0 amide bonds. The predicted molar refractivity (Wildman–Crippen MR) is 148 cm³/mol. The molecule has 3 aromatic rings. The SMILES string of the molecule is CC1(C)c2cc(Br)c(Nc3ccc4c(c3)C3(CCCC3)c3ccccc3-4)cc2C(C)(C)C1(C)C. The van der Waals surface area contributed by atoms with E-state index in [1.807, 2.05) is 0 Å². The quantitative estimate of drug-likeness (QED) is 0.359. The van der Waals surface area contributed by atoms with E-state index in [1.54, 1.807) is 5.56 Å². The molecule has 3 aliphatic rings. The van der Waals surface area contributed by atoms with Crippen molar-refractivity contribution in [2.24, 2.45) is 5.41 Å². The van der Waals surface area contributed by atoms with E-state index >= 15 is 0 Å². The first-order chi connectivity index (χ1) is 16.0. The summed E-state index contributed by atoms with van der Waals surface area (Å²) in [5, 5.41) is 3.81. The van der Waals surface area contributed by atoms with Gasteiger partial charge < -0.3 is 5.32 Å². The molecule has 0 heterocycles. The van der Waals surface area contributed by atoms with Crippen molar-refractivity contribution in [3.05, 3.63) is 81.3 Å². The molecule has 0 aliphatic heterocycles. The molecule has 6 rings (SSSR count). The van der Waals surface area contributed by atoms with Crippen LogP contribution in [0.3, 0.4) is 0 Å². The van der Waals surface area contributed by atoms with Gasteiger partial charge in [0.1, 0.15) is 0 Å².